The summed E-state index contributed by atoms with van der Waals surface area (Å²) in [5.74, 6) is -0.0566. The maximum Gasteiger partial charge on any atom is 0.287 e. The predicted molar refractivity (Wildman–Crippen MR) is 108 cm³/mol. The molecule has 2 rings (SSSR count). The highest BCUT2D eigenvalue weighted by Gasteiger charge is 2.14. The van der Waals surface area contributed by atoms with Crippen LogP contribution in [0.1, 0.15) is 5.56 Å². The molecule has 0 bridgehead atoms. The number of pyridine rings is 1. The highest BCUT2D eigenvalue weighted by molar-refractivity contribution is 8.76. The van der Waals surface area contributed by atoms with E-state index in [1.165, 1.54) is 46.0 Å². The standard InChI is InChI=1S/C16H15ClN4O5S2/c17-12-7-10(1-3-14(12)22)8-13(20-24)16(23)18-5-6-27-28-15-4-2-11(9-19-15)21(25)26/h1-4,7,9,22,24H,5-6,8H2,(H,18,23)/b20-13+. The van der Waals surface area contributed by atoms with Crippen LogP contribution in [0.5, 0.6) is 5.75 Å². The first-order valence-corrected chi connectivity index (χ1v) is 10.5. The van der Waals surface area contributed by atoms with Crippen LogP contribution in [-0.2, 0) is 11.2 Å². The fourth-order valence-electron chi connectivity index (χ4n) is 1.95. The van der Waals surface area contributed by atoms with Gasteiger partial charge in [-0.1, -0.05) is 33.6 Å². The predicted octanol–water partition coefficient (Wildman–Crippen LogP) is 3.28. The lowest BCUT2D eigenvalue weighted by atomic mass is 10.1. The average molecular weight is 443 g/mol. The normalized spacial score (nSPS) is 11.2. The van der Waals surface area contributed by atoms with Crippen LogP contribution in [0.3, 0.4) is 0 Å². The van der Waals surface area contributed by atoms with E-state index >= 15 is 0 Å². The largest absolute Gasteiger partial charge is 0.506 e. The third-order valence-electron chi connectivity index (χ3n) is 3.31. The third-order valence-corrected chi connectivity index (χ3v) is 5.88. The van der Waals surface area contributed by atoms with Crippen LogP contribution >= 0.6 is 33.2 Å². The summed E-state index contributed by atoms with van der Waals surface area (Å²) in [6, 6.07) is 7.37. The van der Waals surface area contributed by atoms with Crippen molar-refractivity contribution >= 4 is 50.5 Å². The number of nitrogens with one attached hydrogen (secondary N) is 1. The van der Waals surface area contributed by atoms with Gasteiger partial charge in [0.2, 0.25) is 0 Å². The Kier molecular flexibility index (Phi) is 8.36. The Morgan fingerprint density at radius 3 is 2.75 bits per heavy atom. The van der Waals surface area contributed by atoms with E-state index in [0.717, 1.165) is 0 Å². The topological polar surface area (TPSA) is 138 Å². The van der Waals surface area contributed by atoms with Crippen LogP contribution < -0.4 is 5.32 Å². The van der Waals surface area contributed by atoms with Crippen LogP contribution in [0.15, 0.2) is 46.7 Å². The van der Waals surface area contributed by atoms with Gasteiger partial charge in [-0.2, -0.15) is 0 Å². The summed E-state index contributed by atoms with van der Waals surface area (Å²) in [7, 11) is 2.74. The molecular weight excluding hydrogens is 428 g/mol. The number of halogens is 1. The molecule has 0 spiro atoms. The lowest BCUT2D eigenvalue weighted by Crippen LogP contribution is -2.33. The first kappa shape index (κ1) is 21.8. The quantitative estimate of drug-likeness (QED) is 0.134. The molecule has 0 unspecified atom stereocenters. The van der Waals surface area contributed by atoms with E-state index in [-0.39, 0.29) is 28.6 Å². The average Bonchev–Trinajstić information content (AvgIpc) is 2.68. The van der Waals surface area contributed by atoms with E-state index < -0.39 is 10.8 Å². The molecular formula is C16H15ClN4O5S2. The van der Waals surface area contributed by atoms with E-state index in [2.05, 4.69) is 15.5 Å². The summed E-state index contributed by atoms with van der Waals surface area (Å²) in [6.07, 6.45) is 1.24. The van der Waals surface area contributed by atoms with E-state index in [9.17, 15) is 20.0 Å². The highest BCUT2D eigenvalue weighted by Crippen LogP contribution is 2.29. The van der Waals surface area contributed by atoms with E-state index in [4.69, 9.17) is 16.8 Å². The van der Waals surface area contributed by atoms with Crippen molar-refractivity contribution in [1.82, 2.24) is 10.3 Å². The minimum absolute atomic E-state index is 0.0525. The number of phenolic OH excluding ortho intramolecular Hbond substituents is 1. The maximum atomic E-state index is 12.1. The number of phenols is 1. The van der Waals surface area contributed by atoms with Crippen molar-refractivity contribution in [3.63, 3.8) is 0 Å². The zero-order chi connectivity index (χ0) is 20.5. The molecule has 0 fully saturated rings. The van der Waals surface area contributed by atoms with Gasteiger partial charge in [0.15, 0.2) is 0 Å². The van der Waals surface area contributed by atoms with Crippen molar-refractivity contribution in [1.29, 1.82) is 0 Å². The number of aromatic nitrogens is 1. The van der Waals surface area contributed by atoms with Crippen LogP contribution in [0.25, 0.3) is 0 Å². The van der Waals surface area contributed by atoms with Gasteiger partial charge in [-0.05, 0) is 34.6 Å². The van der Waals surface area contributed by atoms with Crippen molar-refractivity contribution in [2.24, 2.45) is 5.16 Å². The maximum absolute atomic E-state index is 12.1. The molecule has 28 heavy (non-hydrogen) atoms. The monoisotopic (exact) mass is 442 g/mol. The Balaban J connectivity index is 1.74. The molecule has 1 aromatic carbocycles. The van der Waals surface area contributed by atoms with Gasteiger partial charge in [-0.15, -0.1) is 0 Å². The summed E-state index contributed by atoms with van der Waals surface area (Å²) >= 11 is 5.82. The molecule has 0 aliphatic rings. The summed E-state index contributed by atoms with van der Waals surface area (Å²) in [5.41, 5.74) is 0.448. The summed E-state index contributed by atoms with van der Waals surface area (Å²) in [6.45, 7) is 0.318. The van der Waals surface area contributed by atoms with Gasteiger partial charge in [-0.25, -0.2) is 4.98 Å². The van der Waals surface area contributed by atoms with Gasteiger partial charge in [0, 0.05) is 24.8 Å². The van der Waals surface area contributed by atoms with Crippen LogP contribution in [-0.4, -0.2) is 44.1 Å². The zero-order valence-corrected chi connectivity index (χ0v) is 16.6. The molecule has 148 valence electrons. The second-order valence-electron chi connectivity index (χ2n) is 5.28. The number of benzene rings is 1. The van der Waals surface area contributed by atoms with Crippen LogP contribution in [0, 0.1) is 10.1 Å². The van der Waals surface area contributed by atoms with Gasteiger partial charge in [0.1, 0.15) is 22.7 Å². The molecule has 9 nitrogen and oxygen atoms in total. The van der Waals surface area contributed by atoms with Crippen LogP contribution in [0.4, 0.5) is 5.69 Å². The molecule has 1 heterocycles. The number of nitrogens with zero attached hydrogens (tertiary/aromatic N) is 3. The number of hydrogen-bond acceptors (Lipinski definition) is 9. The van der Waals surface area contributed by atoms with Crippen molar-refractivity contribution in [3.05, 3.63) is 57.2 Å². The smallest absolute Gasteiger partial charge is 0.287 e. The number of aromatic hydroxyl groups is 1. The molecule has 0 aliphatic carbocycles. The summed E-state index contributed by atoms with van der Waals surface area (Å²) < 4.78 is 0. The van der Waals surface area contributed by atoms with Crippen molar-refractivity contribution in [2.75, 3.05) is 12.3 Å². The summed E-state index contributed by atoms with van der Waals surface area (Å²) in [5, 5.41) is 35.5. The van der Waals surface area contributed by atoms with Gasteiger partial charge < -0.3 is 15.6 Å². The van der Waals surface area contributed by atoms with E-state index in [0.29, 0.717) is 22.9 Å². The Hall–Kier alpha value is -2.50. The number of amides is 1. The molecule has 0 saturated heterocycles. The number of nitro groups is 1. The van der Waals surface area contributed by atoms with Crippen molar-refractivity contribution in [2.45, 2.75) is 11.4 Å². The Morgan fingerprint density at radius 1 is 1.36 bits per heavy atom. The molecule has 0 atom stereocenters. The number of carbonyl (C=O) groups is 1. The van der Waals surface area contributed by atoms with Crippen LogP contribution in [0.2, 0.25) is 5.02 Å². The van der Waals surface area contributed by atoms with Gasteiger partial charge in [0.25, 0.3) is 11.6 Å². The molecule has 12 heteroatoms. The van der Waals surface area contributed by atoms with Gasteiger partial charge in [-0.3, -0.25) is 14.9 Å². The van der Waals surface area contributed by atoms with E-state index in [1.807, 2.05) is 0 Å². The number of carbonyl (C=O) groups excluding carboxylic acids is 1. The molecule has 3 N–H and O–H groups in total. The fraction of sp³-hybridized carbons (Fsp3) is 0.188. The second-order valence-corrected chi connectivity index (χ2v) is 8.13. The SMILES string of the molecule is O=C(NCCSSc1ccc([N+](=O)[O-])cn1)/C(Cc1ccc(O)c(Cl)c1)=N/O. The molecule has 0 aliphatic heterocycles. The number of rotatable bonds is 9. The minimum atomic E-state index is -0.522. The fourth-order valence-corrected chi connectivity index (χ4v) is 3.92. The lowest BCUT2D eigenvalue weighted by molar-refractivity contribution is -0.385. The lowest BCUT2D eigenvalue weighted by Gasteiger charge is -2.07. The zero-order valence-electron chi connectivity index (χ0n) is 14.2. The minimum Gasteiger partial charge on any atom is -0.506 e. The van der Waals surface area contributed by atoms with Gasteiger partial charge >= 0.3 is 0 Å². The molecule has 1 aromatic heterocycles. The highest BCUT2D eigenvalue weighted by atomic mass is 35.5. The summed E-state index contributed by atoms with van der Waals surface area (Å²) in [4.78, 5) is 26.1. The first-order chi connectivity index (χ1) is 13.4. The molecule has 0 saturated carbocycles. The molecule has 2 aromatic rings. The number of oxime groups is 1. The van der Waals surface area contributed by atoms with Gasteiger partial charge in [0.05, 0.1) is 9.95 Å². The van der Waals surface area contributed by atoms with Crippen molar-refractivity contribution in [3.8, 4) is 5.75 Å². The molecule has 0 radical (unpaired) electrons. The number of hydrogen-bond donors (Lipinski definition) is 3. The Bertz CT molecular complexity index is 880. The molecule has 1 amide bonds. The Morgan fingerprint density at radius 2 is 2.14 bits per heavy atom. The third kappa shape index (κ3) is 6.59. The van der Waals surface area contributed by atoms with Crippen molar-refractivity contribution < 1.29 is 20.0 Å². The second kappa shape index (κ2) is 10.7. The van der Waals surface area contributed by atoms with E-state index in [1.54, 1.807) is 12.1 Å². The Labute approximate surface area is 172 Å². The first-order valence-electron chi connectivity index (χ1n) is 7.77.